The smallest absolute Gasteiger partial charge is 0.237 e. The van der Waals surface area contributed by atoms with Crippen molar-refractivity contribution in [1.29, 1.82) is 0 Å². The van der Waals surface area contributed by atoms with Gasteiger partial charge in [-0.25, -0.2) is 4.39 Å². The number of aliphatic hydroxyl groups is 1. The predicted molar refractivity (Wildman–Crippen MR) is 71.4 cm³/mol. The van der Waals surface area contributed by atoms with Gasteiger partial charge in [0.2, 0.25) is 5.91 Å². The Hall–Kier alpha value is -1.13. The summed E-state index contributed by atoms with van der Waals surface area (Å²) in [5.41, 5.74) is 0.725. The van der Waals surface area contributed by atoms with Crippen molar-refractivity contribution in [3.8, 4) is 0 Å². The van der Waals surface area contributed by atoms with Crippen LogP contribution in [0.3, 0.4) is 0 Å². The number of amides is 1. The number of carbonyl (C=O) groups excluding carboxylic acids is 1. The largest absolute Gasteiger partial charge is 0.388 e. The van der Waals surface area contributed by atoms with Crippen LogP contribution in [0.25, 0.3) is 0 Å². The molecule has 0 bridgehead atoms. The monoisotopic (exact) mass is 285 g/mol. The minimum absolute atomic E-state index is 0.00514. The summed E-state index contributed by atoms with van der Waals surface area (Å²) >= 11 is 5.52. The van der Waals surface area contributed by atoms with Gasteiger partial charge in [-0.2, -0.15) is 0 Å². The van der Waals surface area contributed by atoms with Crippen LogP contribution in [0.4, 0.5) is 4.39 Å². The molecule has 104 valence electrons. The van der Waals surface area contributed by atoms with E-state index in [0.29, 0.717) is 13.1 Å². The highest BCUT2D eigenvalue weighted by molar-refractivity contribution is 6.27. The fourth-order valence-corrected chi connectivity index (χ4v) is 2.65. The van der Waals surface area contributed by atoms with Gasteiger partial charge in [-0.15, -0.1) is 11.6 Å². The number of piperidine rings is 1. The molecular weight excluding hydrogens is 269 g/mol. The molecule has 1 aliphatic rings. The first-order chi connectivity index (χ1) is 9.11. The van der Waals surface area contributed by atoms with Gasteiger partial charge in [0.1, 0.15) is 11.7 Å². The van der Waals surface area contributed by atoms with Crippen LogP contribution in [0, 0.1) is 11.7 Å². The van der Waals surface area contributed by atoms with Crippen LogP contribution in [0.15, 0.2) is 24.3 Å². The molecule has 0 spiro atoms. The molecule has 19 heavy (non-hydrogen) atoms. The number of halogens is 2. The molecule has 0 aromatic heterocycles. The summed E-state index contributed by atoms with van der Waals surface area (Å²) in [7, 11) is 0. The number of aliphatic hydroxyl groups excluding tert-OH is 1. The van der Waals surface area contributed by atoms with Crippen LogP contribution in [0.2, 0.25) is 0 Å². The van der Waals surface area contributed by atoms with Crippen LogP contribution in [-0.2, 0) is 4.79 Å². The van der Waals surface area contributed by atoms with E-state index in [1.165, 1.54) is 12.1 Å². The summed E-state index contributed by atoms with van der Waals surface area (Å²) in [4.78, 5) is 13.2. The fraction of sp³-hybridized carbons (Fsp3) is 0.500. The van der Waals surface area contributed by atoms with E-state index in [4.69, 9.17) is 11.6 Å². The highest BCUT2D eigenvalue weighted by atomic mass is 35.5. The summed E-state index contributed by atoms with van der Waals surface area (Å²) in [6.07, 6.45) is 0.872. The summed E-state index contributed by atoms with van der Waals surface area (Å²) in [5, 5.41) is 10.3. The number of rotatable bonds is 3. The number of alkyl halides is 1. The van der Waals surface area contributed by atoms with E-state index in [2.05, 4.69) is 0 Å². The standard InChI is InChI=1S/C14H17ClFNO2/c15-9-13(18)17-7-5-11(6-8-17)14(19)10-1-3-12(16)4-2-10/h1-4,11,14,19H,5-9H2. The van der Waals surface area contributed by atoms with Crippen LogP contribution in [-0.4, -0.2) is 34.9 Å². The number of benzene rings is 1. The number of hydrogen-bond donors (Lipinski definition) is 1. The van der Waals surface area contributed by atoms with Crippen molar-refractivity contribution in [3.63, 3.8) is 0 Å². The van der Waals surface area contributed by atoms with E-state index in [0.717, 1.165) is 18.4 Å². The maximum absolute atomic E-state index is 12.8. The molecule has 0 aliphatic carbocycles. The van der Waals surface area contributed by atoms with Gasteiger partial charge in [-0.3, -0.25) is 4.79 Å². The van der Waals surface area contributed by atoms with Gasteiger partial charge in [0.25, 0.3) is 0 Å². The molecule has 1 amide bonds. The van der Waals surface area contributed by atoms with Gasteiger partial charge in [0.15, 0.2) is 0 Å². The molecule has 1 saturated heterocycles. The lowest BCUT2D eigenvalue weighted by molar-refractivity contribution is -0.130. The summed E-state index contributed by atoms with van der Waals surface area (Å²) in [5.74, 6) is -0.259. The number of nitrogens with zero attached hydrogens (tertiary/aromatic N) is 1. The third kappa shape index (κ3) is 3.45. The molecule has 1 aliphatic heterocycles. The molecule has 1 N–H and O–H groups in total. The van der Waals surface area contributed by atoms with E-state index in [-0.39, 0.29) is 23.5 Å². The highest BCUT2D eigenvalue weighted by Gasteiger charge is 2.27. The van der Waals surface area contributed by atoms with Gasteiger partial charge in [-0.1, -0.05) is 12.1 Å². The second-order valence-corrected chi connectivity index (χ2v) is 5.12. The molecule has 5 heteroatoms. The van der Waals surface area contributed by atoms with E-state index in [1.807, 2.05) is 0 Å². The lowest BCUT2D eigenvalue weighted by atomic mass is 9.87. The second kappa shape index (κ2) is 6.35. The molecule has 1 aromatic carbocycles. The molecule has 1 heterocycles. The fourth-order valence-electron chi connectivity index (χ4n) is 2.48. The van der Waals surface area contributed by atoms with Gasteiger partial charge in [0.05, 0.1) is 6.10 Å². The first-order valence-corrected chi connectivity index (χ1v) is 6.92. The van der Waals surface area contributed by atoms with Crippen molar-refractivity contribution in [2.45, 2.75) is 18.9 Å². The minimum atomic E-state index is -0.603. The van der Waals surface area contributed by atoms with Gasteiger partial charge >= 0.3 is 0 Å². The van der Waals surface area contributed by atoms with Crippen LogP contribution in [0.1, 0.15) is 24.5 Å². The van der Waals surface area contributed by atoms with Crippen LogP contribution < -0.4 is 0 Å². The van der Waals surface area contributed by atoms with Crippen LogP contribution in [0.5, 0.6) is 0 Å². The maximum atomic E-state index is 12.8. The van der Waals surface area contributed by atoms with Crippen molar-refractivity contribution in [2.75, 3.05) is 19.0 Å². The van der Waals surface area contributed by atoms with Gasteiger partial charge in [0, 0.05) is 13.1 Å². The zero-order chi connectivity index (χ0) is 13.8. The first-order valence-electron chi connectivity index (χ1n) is 6.39. The van der Waals surface area contributed by atoms with Crippen molar-refractivity contribution in [3.05, 3.63) is 35.6 Å². The normalized spacial score (nSPS) is 18.4. The lowest BCUT2D eigenvalue weighted by Crippen LogP contribution is -2.40. The van der Waals surface area contributed by atoms with E-state index in [1.54, 1.807) is 17.0 Å². The molecule has 1 fully saturated rings. The predicted octanol–water partition coefficient (Wildman–Crippen LogP) is 2.34. The average molecular weight is 286 g/mol. The number of likely N-dealkylation sites (tertiary alicyclic amines) is 1. The van der Waals surface area contributed by atoms with Crippen molar-refractivity contribution < 1.29 is 14.3 Å². The van der Waals surface area contributed by atoms with E-state index in [9.17, 15) is 14.3 Å². The zero-order valence-corrected chi connectivity index (χ0v) is 11.3. The Morgan fingerprint density at radius 3 is 2.47 bits per heavy atom. The first kappa shape index (κ1) is 14.3. The van der Waals surface area contributed by atoms with Crippen molar-refractivity contribution >= 4 is 17.5 Å². The summed E-state index contributed by atoms with van der Waals surface area (Å²) < 4.78 is 12.8. The molecular formula is C14H17ClFNO2. The SMILES string of the molecule is O=C(CCl)N1CCC(C(O)c2ccc(F)cc2)CC1. The Kier molecular flexibility index (Phi) is 4.77. The molecule has 2 rings (SSSR count). The van der Waals surface area contributed by atoms with Crippen molar-refractivity contribution in [1.82, 2.24) is 4.90 Å². The minimum Gasteiger partial charge on any atom is -0.388 e. The topological polar surface area (TPSA) is 40.5 Å². The molecule has 0 radical (unpaired) electrons. The summed E-state index contributed by atoms with van der Waals surface area (Å²) in [6.45, 7) is 1.24. The Bertz CT molecular complexity index is 430. The number of hydrogen-bond acceptors (Lipinski definition) is 2. The molecule has 1 atom stereocenters. The second-order valence-electron chi connectivity index (χ2n) is 4.85. The van der Waals surface area contributed by atoms with Gasteiger partial charge < -0.3 is 10.0 Å². The van der Waals surface area contributed by atoms with Crippen LogP contribution >= 0.6 is 11.6 Å². The Morgan fingerprint density at radius 2 is 1.95 bits per heavy atom. The average Bonchev–Trinajstić information content (AvgIpc) is 2.46. The third-order valence-electron chi connectivity index (χ3n) is 3.66. The highest BCUT2D eigenvalue weighted by Crippen LogP contribution is 2.30. The van der Waals surface area contributed by atoms with E-state index < -0.39 is 6.10 Å². The van der Waals surface area contributed by atoms with Gasteiger partial charge in [-0.05, 0) is 36.5 Å². The maximum Gasteiger partial charge on any atom is 0.237 e. The van der Waals surface area contributed by atoms with E-state index >= 15 is 0 Å². The third-order valence-corrected chi connectivity index (χ3v) is 3.89. The zero-order valence-electron chi connectivity index (χ0n) is 10.6. The molecule has 1 aromatic rings. The Balaban J connectivity index is 1.94. The quantitative estimate of drug-likeness (QED) is 0.866. The molecule has 1 unspecified atom stereocenters. The lowest BCUT2D eigenvalue weighted by Gasteiger charge is -2.34. The Morgan fingerprint density at radius 1 is 1.37 bits per heavy atom. The van der Waals surface area contributed by atoms with Crippen molar-refractivity contribution in [2.24, 2.45) is 5.92 Å². The summed E-state index contributed by atoms with van der Waals surface area (Å²) in [6, 6.07) is 5.92. The Labute approximate surface area is 117 Å². The molecule has 0 saturated carbocycles. The molecule has 3 nitrogen and oxygen atoms in total. The number of carbonyl (C=O) groups is 1.